The molecule has 2 aliphatic rings. The van der Waals surface area contributed by atoms with Crippen LogP contribution in [-0.4, -0.2) is 30.2 Å². The molecule has 1 unspecified atom stereocenters. The van der Waals surface area contributed by atoms with E-state index < -0.39 is 5.60 Å². The van der Waals surface area contributed by atoms with Crippen molar-refractivity contribution in [2.24, 2.45) is 5.73 Å². The van der Waals surface area contributed by atoms with E-state index in [-0.39, 0.29) is 11.4 Å². The summed E-state index contributed by atoms with van der Waals surface area (Å²) in [6, 6.07) is 0. The Morgan fingerprint density at radius 2 is 1.94 bits per heavy atom. The van der Waals surface area contributed by atoms with Crippen molar-refractivity contribution in [3.63, 3.8) is 0 Å². The molecule has 1 amide bonds. The maximum atomic E-state index is 12.3. The molecular formula is C13H24N2O2. The van der Waals surface area contributed by atoms with Crippen molar-refractivity contribution in [1.29, 1.82) is 0 Å². The fourth-order valence-corrected chi connectivity index (χ4v) is 2.94. The summed E-state index contributed by atoms with van der Waals surface area (Å²) in [5.41, 5.74) is 5.07. The van der Waals surface area contributed by atoms with Crippen molar-refractivity contribution >= 4 is 5.91 Å². The van der Waals surface area contributed by atoms with Crippen molar-refractivity contribution in [2.45, 2.75) is 63.0 Å². The van der Waals surface area contributed by atoms with E-state index >= 15 is 0 Å². The minimum Gasteiger partial charge on any atom is -0.365 e. The summed E-state index contributed by atoms with van der Waals surface area (Å²) >= 11 is 0. The molecule has 0 aromatic rings. The number of carbonyl (C=O) groups is 1. The number of carbonyl (C=O) groups excluding carboxylic acids is 1. The van der Waals surface area contributed by atoms with Crippen LogP contribution in [0.2, 0.25) is 0 Å². The van der Waals surface area contributed by atoms with E-state index in [1.165, 1.54) is 6.42 Å². The topological polar surface area (TPSA) is 64.4 Å². The molecule has 0 aromatic carbocycles. The van der Waals surface area contributed by atoms with Crippen molar-refractivity contribution in [2.75, 3.05) is 13.2 Å². The van der Waals surface area contributed by atoms with Gasteiger partial charge in [-0.25, -0.2) is 0 Å². The number of ether oxygens (including phenoxy) is 1. The molecule has 3 N–H and O–H groups in total. The van der Waals surface area contributed by atoms with E-state index in [4.69, 9.17) is 10.5 Å². The summed E-state index contributed by atoms with van der Waals surface area (Å²) in [4.78, 5) is 12.3. The maximum absolute atomic E-state index is 12.3. The second-order valence-corrected chi connectivity index (χ2v) is 5.68. The zero-order valence-corrected chi connectivity index (χ0v) is 10.8. The summed E-state index contributed by atoms with van der Waals surface area (Å²) in [6.07, 6.45) is 7.38. The Balaban J connectivity index is 2.00. The van der Waals surface area contributed by atoms with E-state index in [9.17, 15) is 4.79 Å². The van der Waals surface area contributed by atoms with Gasteiger partial charge in [-0.1, -0.05) is 19.3 Å². The van der Waals surface area contributed by atoms with Crippen LogP contribution in [0.25, 0.3) is 0 Å². The Labute approximate surface area is 103 Å². The third-order valence-electron chi connectivity index (χ3n) is 4.28. The molecule has 17 heavy (non-hydrogen) atoms. The number of nitrogens with one attached hydrogen (secondary N) is 1. The Kier molecular flexibility index (Phi) is 3.73. The molecule has 1 heterocycles. The molecule has 0 aromatic heterocycles. The lowest BCUT2D eigenvalue weighted by molar-refractivity contribution is -0.142. The molecule has 1 aliphatic heterocycles. The van der Waals surface area contributed by atoms with Crippen LogP contribution in [0.4, 0.5) is 0 Å². The van der Waals surface area contributed by atoms with E-state index in [0.717, 1.165) is 38.5 Å². The van der Waals surface area contributed by atoms with Gasteiger partial charge in [0.1, 0.15) is 5.60 Å². The summed E-state index contributed by atoms with van der Waals surface area (Å²) in [5, 5.41) is 3.18. The average molecular weight is 240 g/mol. The molecule has 1 saturated heterocycles. The standard InChI is InChI=1S/C13H24N2O2/c1-12(6-5-9-17-12)11(16)15-13(10-14)7-3-2-4-8-13/h2-10,14H2,1H3,(H,15,16). The van der Waals surface area contributed by atoms with E-state index in [2.05, 4.69) is 5.32 Å². The molecule has 4 nitrogen and oxygen atoms in total. The molecule has 0 radical (unpaired) electrons. The Morgan fingerprint density at radius 3 is 2.47 bits per heavy atom. The fraction of sp³-hybridized carbons (Fsp3) is 0.923. The molecule has 98 valence electrons. The molecule has 0 bridgehead atoms. The average Bonchev–Trinajstić information content (AvgIpc) is 2.79. The lowest BCUT2D eigenvalue weighted by Gasteiger charge is -2.39. The summed E-state index contributed by atoms with van der Waals surface area (Å²) in [5.74, 6) is 0.0300. The number of rotatable bonds is 3. The smallest absolute Gasteiger partial charge is 0.252 e. The van der Waals surface area contributed by atoms with Gasteiger partial charge in [-0.15, -0.1) is 0 Å². The zero-order chi connectivity index (χ0) is 12.4. The van der Waals surface area contributed by atoms with Gasteiger partial charge in [0.2, 0.25) is 0 Å². The van der Waals surface area contributed by atoms with Crippen molar-refractivity contribution < 1.29 is 9.53 Å². The SMILES string of the molecule is CC1(C(=O)NC2(CN)CCCCC2)CCCO1. The lowest BCUT2D eigenvalue weighted by atomic mass is 9.81. The van der Waals surface area contributed by atoms with Crippen LogP contribution >= 0.6 is 0 Å². The zero-order valence-electron chi connectivity index (χ0n) is 10.8. The van der Waals surface area contributed by atoms with E-state index in [1.54, 1.807) is 0 Å². The monoisotopic (exact) mass is 240 g/mol. The number of amides is 1. The second kappa shape index (κ2) is 4.94. The fourth-order valence-electron chi connectivity index (χ4n) is 2.94. The van der Waals surface area contributed by atoms with Gasteiger partial charge < -0.3 is 15.8 Å². The van der Waals surface area contributed by atoms with Gasteiger partial charge in [0.05, 0.1) is 5.54 Å². The second-order valence-electron chi connectivity index (χ2n) is 5.68. The number of hydrogen-bond donors (Lipinski definition) is 2. The molecule has 2 rings (SSSR count). The lowest BCUT2D eigenvalue weighted by Crippen LogP contribution is -2.59. The molecule has 1 aliphatic carbocycles. The highest BCUT2D eigenvalue weighted by molar-refractivity contribution is 5.85. The van der Waals surface area contributed by atoms with Gasteiger partial charge in [-0.2, -0.15) is 0 Å². The number of nitrogens with two attached hydrogens (primary N) is 1. The molecule has 0 spiro atoms. The van der Waals surface area contributed by atoms with Gasteiger partial charge >= 0.3 is 0 Å². The molecule has 4 heteroatoms. The van der Waals surface area contributed by atoms with Crippen LogP contribution in [0.3, 0.4) is 0 Å². The Bertz CT molecular complexity index is 279. The highest BCUT2D eigenvalue weighted by Crippen LogP contribution is 2.30. The van der Waals surface area contributed by atoms with E-state index in [1.807, 2.05) is 6.92 Å². The Hall–Kier alpha value is -0.610. The van der Waals surface area contributed by atoms with Crippen molar-refractivity contribution in [1.82, 2.24) is 5.32 Å². The first-order valence-corrected chi connectivity index (χ1v) is 6.77. The first-order valence-electron chi connectivity index (χ1n) is 6.77. The van der Waals surface area contributed by atoms with Gasteiger partial charge in [0.25, 0.3) is 5.91 Å². The first-order chi connectivity index (χ1) is 8.10. The third-order valence-corrected chi connectivity index (χ3v) is 4.28. The number of hydrogen-bond acceptors (Lipinski definition) is 3. The molecule has 2 fully saturated rings. The minimum absolute atomic E-state index is 0.0300. The van der Waals surface area contributed by atoms with Crippen LogP contribution in [0.15, 0.2) is 0 Å². The largest absolute Gasteiger partial charge is 0.365 e. The summed E-state index contributed by atoms with van der Waals surface area (Å²) in [6.45, 7) is 3.12. The van der Waals surface area contributed by atoms with Crippen LogP contribution in [0, 0.1) is 0 Å². The maximum Gasteiger partial charge on any atom is 0.252 e. The predicted molar refractivity (Wildman–Crippen MR) is 66.6 cm³/mol. The van der Waals surface area contributed by atoms with Gasteiger partial charge in [-0.05, 0) is 32.6 Å². The van der Waals surface area contributed by atoms with Crippen LogP contribution < -0.4 is 11.1 Å². The molecule has 1 saturated carbocycles. The summed E-state index contributed by atoms with van der Waals surface area (Å²) < 4.78 is 5.58. The van der Waals surface area contributed by atoms with Crippen LogP contribution in [0.1, 0.15) is 51.9 Å². The van der Waals surface area contributed by atoms with Gasteiger partial charge in [0.15, 0.2) is 0 Å². The first kappa shape index (κ1) is 12.8. The quantitative estimate of drug-likeness (QED) is 0.782. The normalized spacial score (nSPS) is 32.4. The van der Waals surface area contributed by atoms with Gasteiger partial charge in [0, 0.05) is 13.2 Å². The van der Waals surface area contributed by atoms with Gasteiger partial charge in [-0.3, -0.25) is 4.79 Å². The molecule has 1 atom stereocenters. The highest BCUT2D eigenvalue weighted by Gasteiger charge is 2.42. The predicted octanol–water partition coefficient (Wildman–Crippen LogP) is 1.33. The minimum atomic E-state index is -0.625. The van der Waals surface area contributed by atoms with Crippen molar-refractivity contribution in [3.8, 4) is 0 Å². The van der Waals surface area contributed by atoms with Crippen LogP contribution in [-0.2, 0) is 9.53 Å². The third kappa shape index (κ3) is 2.63. The van der Waals surface area contributed by atoms with E-state index in [0.29, 0.717) is 13.2 Å². The molecular weight excluding hydrogens is 216 g/mol. The van der Waals surface area contributed by atoms with Crippen LogP contribution in [0.5, 0.6) is 0 Å². The Morgan fingerprint density at radius 1 is 1.24 bits per heavy atom. The highest BCUT2D eigenvalue weighted by atomic mass is 16.5. The summed E-state index contributed by atoms with van der Waals surface area (Å²) in [7, 11) is 0. The van der Waals surface area contributed by atoms with Crippen molar-refractivity contribution in [3.05, 3.63) is 0 Å².